The number of rotatable bonds is 3. The van der Waals surface area contributed by atoms with Crippen molar-refractivity contribution in [1.29, 1.82) is 0 Å². The van der Waals surface area contributed by atoms with Crippen LogP contribution in [0.1, 0.15) is 16.7 Å². The van der Waals surface area contributed by atoms with Crippen LogP contribution in [0.4, 0.5) is 0 Å². The number of aryl methyl sites for hydroxylation is 3. The fourth-order valence-corrected chi connectivity index (χ4v) is 5.70. The van der Waals surface area contributed by atoms with Crippen molar-refractivity contribution in [1.82, 2.24) is 0 Å². The molecule has 0 amide bonds. The number of hydrogen-bond acceptors (Lipinski definition) is 0. The van der Waals surface area contributed by atoms with Gasteiger partial charge in [0.2, 0.25) is 0 Å². The van der Waals surface area contributed by atoms with E-state index in [0.29, 0.717) is 0 Å². The molecule has 0 bridgehead atoms. The first-order valence-corrected chi connectivity index (χ1v) is 10.2. The van der Waals surface area contributed by atoms with E-state index < -0.39 is 0 Å². The van der Waals surface area contributed by atoms with Crippen molar-refractivity contribution in [2.24, 2.45) is 0 Å². The Labute approximate surface area is 158 Å². The van der Waals surface area contributed by atoms with Gasteiger partial charge in [0, 0.05) is 10.9 Å². The second-order valence-electron chi connectivity index (χ2n) is 6.87. The average molecular weight is 356 g/mol. The topological polar surface area (TPSA) is 0 Å². The molecule has 0 aliphatic heterocycles. The minimum Gasteiger partial charge on any atom is -0.0616 e. The van der Waals surface area contributed by atoms with E-state index in [1.807, 2.05) is 0 Å². The monoisotopic (exact) mass is 355 g/mol. The molecule has 1 heteroatoms. The fraction of sp³-hybridized carbons (Fsp3) is 0.120. The summed E-state index contributed by atoms with van der Waals surface area (Å²) in [6, 6.07) is 31.3. The highest BCUT2D eigenvalue weighted by molar-refractivity contribution is 7.97. The number of hydrogen-bond donors (Lipinski definition) is 0. The summed E-state index contributed by atoms with van der Waals surface area (Å²) in [4.78, 5) is 4.19. The molecule has 0 radical (unpaired) electrons. The lowest BCUT2D eigenvalue weighted by Gasteiger charge is -2.13. The van der Waals surface area contributed by atoms with Gasteiger partial charge >= 0.3 is 0 Å². The van der Waals surface area contributed by atoms with Gasteiger partial charge in [-0.25, -0.2) is 0 Å². The van der Waals surface area contributed by atoms with Crippen molar-refractivity contribution < 1.29 is 0 Å². The molecule has 4 aromatic carbocycles. The van der Waals surface area contributed by atoms with E-state index in [1.165, 1.54) is 42.1 Å². The Hall–Kier alpha value is -2.51. The minimum absolute atomic E-state index is 0.117. The first-order valence-electron chi connectivity index (χ1n) is 8.99. The van der Waals surface area contributed by atoms with Gasteiger partial charge in [0.05, 0.1) is 0 Å². The van der Waals surface area contributed by atoms with Crippen LogP contribution in [-0.4, -0.2) is 0 Å². The van der Waals surface area contributed by atoms with Crippen LogP contribution in [0.15, 0.2) is 99.6 Å². The van der Waals surface area contributed by atoms with E-state index in [0.717, 1.165) is 0 Å². The van der Waals surface area contributed by atoms with Crippen LogP contribution in [0.2, 0.25) is 0 Å². The fourth-order valence-electron chi connectivity index (χ4n) is 3.34. The van der Waals surface area contributed by atoms with Gasteiger partial charge in [0.15, 0.2) is 14.7 Å². The summed E-state index contributed by atoms with van der Waals surface area (Å²) in [5, 5.41) is 2.67. The first-order chi connectivity index (χ1) is 12.6. The Morgan fingerprint density at radius 1 is 0.538 bits per heavy atom. The molecule has 0 saturated carbocycles. The molecule has 0 fully saturated rings. The van der Waals surface area contributed by atoms with E-state index in [9.17, 15) is 0 Å². The molecule has 0 heterocycles. The largest absolute Gasteiger partial charge is 0.177 e. The molecule has 0 aromatic heterocycles. The predicted molar refractivity (Wildman–Crippen MR) is 113 cm³/mol. The van der Waals surface area contributed by atoms with Crippen LogP contribution in [0.5, 0.6) is 0 Å². The Morgan fingerprint density at radius 2 is 1.08 bits per heavy atom. The lowest BCUT2D eigenvalue weighted by atomic mass is 10.1. The number of fused-ring (bicyclic) bond motifs is 1. The summed E-state index contributed by atoms with van der Waals surface area (Å²) >= 11 is 0. The van der Waals surface area contributed by atoms with E-state index in [2.05, 4.69) is 106 Å². The maximum absolute atomic E-state index is 2.29. The summed E-state index contributed by atoms with van der Waals surface area (Å²) in [6.07, 6.45) is 0. The molecular formula is C25H23S+. The van der Waals surface area contributed by atoms with Crippen molar-refractivity contribution in [2.45, 2.75) is 35.5 Å². The lowest BCUT2D eigenvalue weighted by molar-refractivity contribution is 1.27. The first kappa shape index (κ1) is 16.9. The smallest absolute Gasteiger partial charge is 0.0616 e. The molecule has 0 aliphatic carbocycles. The average Bonchev–Trinajstić information content (AvgIpc) is 2.66. The minimum atomic E-state index is -0.117. The molecule has 0 N–H and O–H groups in total. The van der Waals surface area contributed by atoms with Crippen LogP contribution in [-0.2, 0) is 10.9 Å². The summed E-state index contributed by atoms with van der Waals surface area (Å²) in [5.74, 6) is 0. The molecule has 0 atom stereocenters. The Balaban J connectivity index is 2.01. The molecule has 4 aromatic rings. The second kappa shape index (κ2) is 7.01. The van der Waals surface area contributed by atoms with Crippen LogP contribution >= 0.6 is 0 Å². The van der Waals surface area contributed by atoms with Gasteiger partial charge in [-0.2, -0.15) is 0 Å². The lowest BCUT2D eigenvalue weighted by Crippen LogP contribution is -2.07. The van der Waals surface area contributed by atoms with Gasteiger partial charge in [-0.05, 0) is 56.5 Å². The standard InChI is InChI=1S/C25H23S/c1-18-8-14-22(15-9-18)26(23-16-10-19(2)11-17-23)25-20(3)12-13-21-6-4-5-7-24(21)25/h4-17H,1-3H3/q+1. The van der Waals surface area contributed by atoms with Crippen molar-refractivity contribution >= 4 is 21.7 Å². The predicted octanol–water partition coefficient (Wildman–Crippen LogP) is 6.86. The maximum Gasteiger partial charge on any atom is 0.177 e. The summed E-state index contributed by atoms with van der Waals surface area (Å²) < 4.78 is 0. The Kier molecular flexibility index (Phi) is 4.57. The van der Waals surface area contributed by atoms with Crippen molar-refractivity contribution in [2.75, 3.05) is 0 Å². The van der Waals surface area contributed by atoms with Crippen molar-refractivity contribution in [3.8, 4) is 0 Å². The highest BCUT2D eigenvalue weighted by Gasteiger charge is 2.32. The zero-order valence-corrected chi connectivity index (χ0v) is 16.3. The van der Waals surface area contributed by atoms with Crippen molar-refractivity contribution in [3.63, 3.8) is 0 Å². The van der Waals surface area contributed by atoms with E-state index in [4.69, 9.17) is 0 Å². The molecular weight excluding hydrogens is 332 g/mol. The van der Waals surface area contributed by atoms with E-state index >= 15 is 0 Å². The highest BCUT2D eigenvalue weighted by atomic mass is 32.2. The Morgan fingerprint density at radius 3 is 1.65 bits per heavy atom. The summed E-state index contributed by atoms with van der Waals surface area (Å²) in [5.41, 5.74) is 3.96. The van der Waals surface area contributed by atoms with Crippen LogP contribution in [0.3, 0.4) is 0 Å². The van der Waals surface area contributed by atoms with Gasteiger partial charge < -0.3 is 0 Å². The van der Waals surface area contributed by atoms with Crippen LogP contribution in [0.25, 0.3) is 10.8 Å². The Bertz CT molecular complexity index is 998. The quantitative estimate of drug-likeness (QED) is 0.352. The second-order valence-corrected chi connectivity index (χ2v) is 8.83. The maximum atomic E-state index is 2.29. The molecule has 0 spiro atoms. The SMILES string of the molecule is Cc1ccc([S+](c2ccc(C)cc2)c2c(C)ccc3ccccc23)cc1. The number of benzene rings is 4. The van der Waals surface area contributed by atoms with Gasteiger partial charge in [0.25, 0.3) is 0 Å². The highest BCUT2D eigenvalue weighted by Crippen LogP contribution is 2.37. The van der Waals surface area contributed by atoms with Gasteiger partial charge in [0.1, 0.15) is 10.9 Å². The third-order valence-electron chi connectivity index (χ3n) is 4.79. The van der Waals surface area contributed by atoms with Crippen LogP contribution < -0.4 is 0 Å². The molecule has 0 aliphatic rings. The molecule has 4 rings (SSSR count). The summed E-state index contributed by atoms with van der Waals surface area (Å²) in [6.45, 7) is 6.54. The third kappa shape index (κ3) is 3.15. The summed E-state index contributed by atoms with van der Waals surface area (Å²) in [7, 11) is -0.117. The van der Waals surface area contributed by atoms with Crippen molar-refractivity contribution in [3.05, 3.63) is 102 Å². The third-order valence-corrected chi connectivity index (χ3v) is 7.23. The van der Waals surface area contributed by atoms with Crippen LogP contribution in [0, 0.1) is 20.8 Å². The van der Waals surface area contributed by atoms with Gasteiger partial charge in [-0.3, -0.25) is 0 Å². The molecule has 0 nitrogen and oxygen atoms in total. The van der Waals surface area contributed by atoms with E-state index in [1.54, 1.807) is 0 Å². The normalized spacial score (nSPS) is 11.2. The molecule has 128 valence electrons. The molecule has 0 saturated heterocycles. The zero-order valence-electron chi connectivity index (χ0n) is 15.5. The molecule has 26 heavy (non-hydrogen) atoms. The van der Waals surface area contributed by atoms with E-state index in [-0.39, 0.29) is 10.9 Å². The van der Waals surface area contributed by atoms with Gasteiger partial charge in [-0.1, -0.05) is 65.7 Å². The molecule has 0 unspecified atom stereocenters. The zero-order chi connectivity index (χ0) is 18.1. The van der Waals surface area contributed by atoms with Gasteiger partial charge in [-0.15, -0.1) is 0 Å².